The first-order valence-electron chi connectivity index (χ1n) is 6.91. The van der Waals surface area contributed by atoms with Crippen LogP contribution in [-0.4, -0.2) is 22.6 Å². The van der Waals surface area contributed by atoms with E-state index in [1.807, 2.05) is 6.33 Å². The number of nitrogens with one attached hydrogen (secondary N) is 1. The monoisotopic (exact) mass is 235 g/mol. The summed E-state index contributed by atoms with van der Waals surface area (Å²) in [5, 5.41) is 3.47. The average Bonchev–Trinajstić information content (AvgIpc) is 2.95. The minimum Gasteiger partial charge on any atom is -0.334 e. The van der Waals surface area contributed by atoms with Gasteiger partial charge in [-0.2, -0.15) is 0 Å². The molecule has 1 atom stereocenters. The molecule has 1 aliphatic rings. The molecule has 0 bridgehead atoms. The summed E-state index contributed by atoms with van der Waals surface area (Å²) in [4.78, 5) is 4.37. The highest BCUT2D eigenvalue weighted by Gasteiger charge is 2.33. The summed E-state index contributed by atoms with van der Waals surface area (Å²) in [7, 11) is 0. The number of imidazole rings is 1. The van der Waals surface area contributed by atoms with Crippen LogP contribution in [0.3, 0.4) is 0 Å². The lowest BCUT2D eigenvalue weighted by Gasteiger charge is -2.26. The van der Waals surface area contributed by atoms with Crippen molar-refractivity contribution in [2.45, 2.75) is 52.0 Å². The van der Waals surface area contributed by atoms with E-state index in [0.717, 1.165) is 25.6 Å². The van der Waals surface area contributed by atoms with E-state index in [1.165, 1.54) is 25.0 Å². The van der Waals surface area contributed by atoms with Gasteiger partial charge in [-0.05, 0) is 18.9 Å². The van der Waals surface area contributed by atoms with E-state index in [1.54, 1.807) is 0 Å². The van der Waals surface area contributed by atoms with E-state index in [4.69, 9.17) is 0 Å². The molecule has 1 N–H and O–H groups in total. The largest absolute Gasteiger partial charge is 0.334 e. The summed E-state index contributed by atoms with van der Waals surface area (Å²) in [6.07, 6.45) is 7.81. The summed E-state index contributed by atoms with van der Waals surface area (Å²) in [6, 6.07) is 0. The van der Waals surface area contributed by atoms with Crippen molar-refractivity contribution in [1.29, 1.82) is 0 Å². The molecule has 3 heteroatoms. The van der Waals surface area contributed by atoms with Gasteiger partial charge in [0, 0.05) is 30.4 Å². The third-order valence-electron chi connectivity index (χ3n) is 4.31. The van der Waals surface area contributed by atoms with Crippen LogP contribution in [0.5, 0.6) is 0 Å². The van der Waals surface area contributed by atoms with E-state index in [9.17, 15) is 0 Å². The molecule has 2 heterocycles. The van der Waals surface area contributed by atoms with Gasteiger partial charge >= 0.3 is 0 Å². The van der Waals surface area contributed by atoms with Crippen molar-refractivity contribution in [3.8, 4) is 0 Å². The molecule has 1 aliphatic heterocycles. The van der Waals surface area contributed by atoms with Crippen LogP contribution in [0.4, 0.5) is 0 Å². The summed E-state index contributed by atoms with van der Waals surface area (Å²) in [5.41, 5.74) is 1.69. The van der Waals surface area contributed by atoms with E-state index >= 15 is 0 Å². The quantitative estimate of drug-likeness (QED) is 0.850. The molecular formula is C14H25N3. The molecule has 0 amide bonds. The summed E-state index contributed by atoms with van der Waals surface area (Å²) >= 11 is 0. The highest BCUT2D eigenvalue weighted by molar-refractivity contribution is 5.17. The Bertz CT molecular complexity index is 346. The maximum atomic E-state index is 4.37. The number of nitrogens with zero attached hydrogens (tertiary/aromatic N) is 2. The molecule has 0 saturated carbocycles. The van der Waals surface area contributed by atoms with Gasteiger partial charge in [0.2, 0.25) is 0 Å². The molecule has 0 spiro atoms. The molecule has 0 radical (unpaired) electrons. The van der Waals surface area contributed by atoms with Gasteiger partial charge in [-0.25, -0.2) is 4.98 Å². The second kappa shape index (κ2) is 5.21. The maximum Gasteiger partial charge on any atom is 0.0948 e. The molecule has 96 valence electrons. The van der Waals surface area contributed by atoms with Crippen molar-refractivity contribution in [2.75, 3.05) is 13.1 Å². The van der Waals surface area contributed by atoms with Crippen LogP contribution in [0, 0.1) is 5.92 Å². The van der Waals surface area contributed by atoms with E-state index in [0.29, 0.717) is 0 Å². The molecule has 1 unspecified atom stereocenters. The van der Waals surface area contributed by atoms with Crippen molar-refractivity contribution < 1.29 is 0 Å². The van der Waals surface area contributed by atoms with Gasteiger partial charge < -0.3 is 9.88 Å². The third kappa shape index (κ3) is 2.54. The van der Waals surface area contributed by atoms with Crippen LogP contribution in [0.15, 0.2) is 12.5 Å². The summed E-state index contributed by atoms with van der Waals surface area (Å²) < 4.78 is 2.38. The van der Waals surface area contributed by atoms with E-state index in [2.05, 4.69) is 41.8 Å². The zero-order valence-electron chi connectivity index (χ0n) is 11.4. The fourth-order valence-corrected chi connectivity index (χ4v) is 2.83. The number of hydrogen-bond acceptors (Lipinski definition) is 2. The maximum absolute atomic E-state index is 4.37. The predicted octanol–water partition coefficient (Wildman–Crippen LogP) is 2.57. The van der Waals surface area contributed by atoms with Crippen molar-refractivity contribution in [3.63, 3.8) is 0 Å². The van der Waals surface area contributed by atoms with Gasteiger partial charge in [-0.1, -0.05) is 33.6 Å². The van der Waals surface area contributed by atoms with Gasteiger partial charge in [0.15, 0.2) is 0 Å². The summed E-state index contributed by atoms with van der Waals surface area (Å²) in [5.74, 6) is 0.779. The van der Waals surface area contributed by atoms with Crippen LogP contribution in [0.1, 0.15) is 45.7 Å². The molecule has 1 aromatic heterocycles. The SMILES string of the molecule is CCC(CC)Cn1cncc1C1(C)CCNC1. The third-order valence-corrected chi connectivity index (χ3v) is 4.31. The minimum absolute atomic E-state index is 0.280. The highest BCUT2D eigenvalue weighted by atomic mass is 15.1. The Kier molecular flexibility index (Phi) is 3.87. The lowest BCUT2D eigenvalue weighted by Crippen LogP contribution is -2.28. The fourth-order valence-electron chi connectivity index (χ4n) is 2.83. The Morgan fingerprint density at radius 2 is 2.24 bits per heavy atom. The van der Waals surface area contributed by atoms with Gasteiger partial charge in [0.1, 0.15) is 0 Å². The van der Waals surface area contributed by atoms with Crippen molar-refractivity contribution in [2.24, 2.45) is 5.92 Å². The zero-order chi connectivity index (χ0) is 12.3. The van der Waals surface area contributed by atoms with Crippen molar-refractivity contribution in [1.82, 2.24) is 14.9 Å². The van der Waals surface area contributed by atoms with E-state index in [-0.39, 0.29) is 5.41 Å². The Balaban J connectivity index is 2.16. The van der Waals surface area contributed by atoms with Gasteiger partial charge in [0.05, 0.1) is 6.33 Å². The first-order valence-corrected chi connectivity index (χ1v) is 6.91. The van der Waals surface area contributed by atoms with Crippen LogP contribution in [0.25, 0.3) is 0 Å². The smallest absolute Gasteiger partial charge is 0.0948 e. The predicted molar refractivity (Wildman–Crippen MR) is 71.1 cm³/mol. The van der Waals surface area contributed by atoms with E-state index < -0.39 is 0 Å². The fraction of sp³-hybridized carbons (Fsp3) is 0.786. The Labute approximate surface area is 105 Å². The van der Waals surface area contributed by atoms with Crippen molar-refractivity contribution >= 4 is 0 Å². The van der Waals surface area contributed by atoms with Gasteiger partial charge in [0.25, 0.3) is 0 Å². The molecule has 2 rings (SSSR count). The molecular weight excluding hydrogens is 210 g/mol. The molecule has 3 nitrogen and oxygen atoms in total. The Morgan fingerprint density at radius 1 is 1.47 bits per heavy atom. The number of rotatable bonds is 5. The first kappa shape index (κ1) is 12.6. The number of aromatic nitrogens is 2. The second-order valence-corrected chi connectivity index (χ2v) is 5.60. The topological polar surface area (TPSA) is 29.9 Å². The van der Waals surface area contributed by atoms with Crippen molar-refractivity contribution in [3.05, 3.63) is 18.2 Å². The molecule has 17 heavy (non-hydrogen) atoms. The number of hydrogen-bond donors (Lipinski definition) is 1. The molecule has 1 aromatic rings. The summed E-state index contributed by atoms with van der Waals surface area (Å²) in [6.45, 7) is 10.3. The van der Waals surface area contributed by atoms with Crippen LogP contribution >= 0.6 is 0 Å². The molecule has 0 aliphatic carbocycles. The molecule has 1 fully saturated rings. The van der Waals surface area contributed by atoms with Crippen LogP contribution in [-0.2, 0) is 12.0 Å². The normalized spacial score (nSPS) is 24.7. The molecule has 0 aromatic carbocycles. The lowest BCUT2D eigenvalue weighted by molar-refractivity contribution is 0.387. The van der Waals surface area contributed by atoms with Crippen LogP contribution in [0.2, 0.25) is 0 Å². The second-order valence-electron chi connectivity index (χ2n) is 5.60. The van der Waals surface area contributed by atoms with Crippen LogP contribution < -0.4 is 5.32 Å². The molecule has 1 saturated heterocycles. The first-order chi connectivity index (χ1) is 8.19. The Hall–Kier alpha value is -0.830. The Morgan fingerprint density at radius 3 is 2.82 bits per heavy atom. The lowest BCUT2D eigenvalue weighted by atomic mass is 9.86. The highest BCUT2D eigenvalue weighted by Crippen LogP contribution is 2.30. The van der Waals surface area contributed by atoms with Gasteiger partial charge in [-0.3, -0.25) is 0 Å². The minimum atomic E-state index is 0.280. The standard InChI is InChI=1S/C14H25N3/c1-4-12(5-2)9-17-11-16-8-13(17)14(3)6-7-15-10-14/h8,11-12,15H,4-7,9-10H2,1-3H3. The zero-order valence-corrected chi connectivity index (χ0v) is 11.4. The average molecular weight is 235 g/mol. The van der Waals surface area contributed by atoms with Gasteiger partial charge in [-0.15, -0.1) is 0 Å².